The molecule has 1 fully saturated rings. The molecule has 1 N–H and O–H groups in total. The first-order valence-corrected chi connectivity index (χ1v) is 8.43. The van der Waals surface area contributed by atoms with Crippen LogP contribution < -0.4 is 5.32 Å². The molecule has 0 spiro atoms. The van der Waals surface area contributed by atoms with E-state index in [1.807, 2.05) is 12.3 Å². The first-order chi connectivity index (χ1) is 10.3. The lowest BCUT2D eigenvalue weighted by Gasteiger charge is -2.36. The van der Waals surface area contributed by atoms with Gasteiger partial charge in [-0.25, -0.2) is 0 Å². The van der Waals surface area contributed by atoms with Crippen molar-refractivity contribution in [1.29, 1.82) is 0 Å². The molecule has 0 amide bonds. The van der Waals surface area contributed by atoms with E-state index in [1.54, 1.807) is 0 Å². The molecule has 1 atom stereocenters. The minimum absolute atomic E-state index is 0.421. The second-order valence-corrected chi connectivity index (χ2v) is 5.86. The summed E-state index contributed by atoms with van der Waals surface area (Å²) in [4.78, 5) is 9.84. The van der Waals surface area contributed by atoms with Crippen LogP contribution in [0.15, 0.2) is 24.4 Å². The smallest absolute Gasteiger partial charge is 0.0649 e. The molecule has 4 heteroatoms. The maximum absolute atomic E-state index is 4.65. The standard InChI is InChI=1S/C17H30N4/c1-3-11-21(12-4-2)17(16-7-5-6-8-19-16)15-20-13-9-18-10-14-20/h5-8,17-18H,3-4,9-15H2,1-2H3. The molecule has 1 aromatic heterocycles. The van der Waals surface area contributed by atoms with Crippen LogP contribution in [0.1, 0.15) is 38.4 Å². The molecule has 0 aliphatic carbocycles. The van der Waals surface area contributed by atoms with Crippen LogP contribution in [0.25, 0.3) is 0 Å². The van der Waals surface area contributed by atoms with Crippen LogP contribution in [0.4, 0.5) is 0 Å². The van der Waals surface area contributed by atoms with Crippen LogP contribution in [0.5, 0.6) is 0 Å². The van der Waals surface area contributed by atoms with E-state index < -0.39 is 0 Å². The molecule has 2 heterocycles. The summed E-state index contributed by atoms with van der Waals surface area (Å²) in [6, 6.07) is 6.73. The first kappa shape index (κ1) is 16.4. The molecule has 1 aliphatic rings. The fraction of sp³-hybridized carbons (Fsp3) is 0.706. The highest BCUT2D eigenvalue weighted by molar-refractivity contribution is 5.10. The molecular formula is C17H30N4. The number of piperazine rings is 1. The lowest BCUT2D eigenvalue weighted by molar-refractivity contribution is 0.126. The van der Waals surface area contributed by atoms with Crippen LogP contribution in [0.2, 0.25) is 0 Å². The SMILES string of the molecule is CCCN(CCC)C(CN1CCNCC1)c1ccccn1. The van der Waals surface area contributed by atoms with Crippen LogP contribution >= 0.6 is 0 Å². The molecule has 0 aromatic carbocycles. The second-order valence-electron chi connectivity index (χ2n) is 5.86. The van der Waals surface area contributed by atoms with Gasteiger partial charge in [-0.2, -0.15) is 0 Å². The summed E-state index contributed by atoms with van der Waals surface area (Å²) in [5.74, 6) is 0. The number of hydrogen-bond acceptors (Lipinski definition) is 4. The Bertz CT molecular complexity index is 370. The third kappa shape index (κ3) is 5.06. The van der Waals surface area contributed by atoms with Crippen molar-refractivity contribution in [2.75, 3.05) is 45.8 Å². The van der Waals surface area contributed by atoms with Crippen LogP contribution in [-0.2, 0) is 0 Å². The maximum atomic E-state index is 4.65. The Morgan fingerprint density at radius 3 is 2.48 bits per heavy atom. The van der Waals surface area contributed by atoms with Crippen molar-refractivity contribution in [1.82, 2.24) is 20.1 Å². The van der Waals surface area contributed by atoms with Gasteiger partial charge in [0.15, 0.2) is 0 Å². The normalized spacial score (nSPS) is 18.0. The predicted molar refractivity (Wildman–Crippen MR) is 88.4 cm³/mol. The van der Waals surface area contributed by atoms with Crippen molar-refractivity contribution < 1.29 is 0 Å². The zero-order chi connectivity index (χ0) is 14.9. The average Bonchev–Trinajstić information content (AvgIpc) is 2.54. The molecular weight excluding hydrogens is 260 g/mol. The summed E-state index contributed by atoms with van der Waals surface area (Å²) in [6.07, 6.45) is 4.33. The van der Waals surface area contributed by atoms with Crippen molar-refractivity contribution in [2.24, 2.45) is 0 Å². The first-order valence-electron chi connectivity index (χ1n) is 8.43. The fourth-order valence-corrected chi connectivity index (χ4v) is 3.11. The Labute approximate surface area is 129 Å². The van der Waals surface area contributed by atoms with E-state index in [4.69, 9.17) is 0 Å². The topological polar surface area (TPSA) is 31.4 Å². The number of hydrogen-bond donors (Lipinski definition) is 1. The summed E-state index contributed by atoms with van der Waals surface area (Å²) in [5, 5.41) is 3.44. The van der Waals surface area contributed by atoms with E-state index >= 15 is 0 Å². The van der Waals surface area contributed by atoms with Gasteiger partial charge < -0.3 is 5.32 Å². The molecule has 0 radical (unpaired) electrons. The van der Waals surface area contributed by atoms with Crippen LogP contribution in [-0.4, -0.2) is 60.6 Å². The van der Waals surface area contributed by atoms with Gasteiger partial charge in [0.25, 0.3) is 0 Å². The Morgan fingerprint density at radius 2 is 1.90 bits per heavy atom. The molecule has 1 unspecified atom stereocenters. The van der Waals surface area contributed by atoms with Gasteiger partial charge in [0.2, 0.25) is 0 Å². The van der Waals surface area contributed by atoms with E-state index in [2.05, 4.69) is 46.1 Å². The highest BCUT2D eigenvalue weighted by Gasteiger charge is 2.23. The van der Waals surface area contributed by atoms with E-state index in [0.29, 0.717) is 6.04 Å². The molecule has 4 nitrogen and oxygen atoms in total. The number of rotatable bonds is 8. The molecule has 118 valence electrons. The second kappa shape index (κ2) is 9.13. The summed E-state index contributed by atoms with van der Waals surface area (Å²) < 4.78 is 0. The molecule has 0 saturated carbocycles. The van der Waals surface area contributed by atoms with Gasteiger partial charge in [0.05, 0.1) is 11.7 Å². The van der Waals surface area contributed by atoms with Gasteiger partial charge in [-0.15, -0.1) is 0 Å². The minimum atomic E-state index is 0.421. The summed E-state index contributed by atoms with van der Waals surface area (Å²) in [7, 11) is 0. The monoisotopic (exact) mass is 290 g/mol. The largest absolute Gasteiger partial charge is 0.314 e. The lowest BCUT2D eigenvalue weighted by Crippen LogP contribution is -2.47. The Morgan fingerprint density at radius 1 is 1.19 bits per heavy atom. The van der Waals surface area contributed by atoms with Gasteiger partial charge in [-0.3, -0.25) is 14.8 Å². The van der Waals surface area contributed by atoms with E-state index in [1.165, 1.54) is 18.5 Å². The molecule has 1 aromatic rings. The van der Waals surface area contributed by atoms with Gasteiger partial charge in [-0.1, -0.05) is 19.9 Å². The van der Waals surface area contributed by atoms with E-state index in [0.717, 1.165) is 45.8 Å². The van der Waals surface area contributed by atoms with Gasteiger partial charge in [0, 0.05) is 38.9 Å². The Hall–Kier alpha value is -0.970. The number of nitrogens with one attached hydrogen (secondary N) is 1. The van der Waals surface area contributed by atoms with Crippen LogP contribution in [0, 0.1) is 0 Å². The average molecular weight is 290 g/mol. The highest BCUT2D eigenvalue weighted by Crippen LogP contribution is 2.21. The van der Waals surface area contributed by atoms with Crippen molar-refractivity contribution in [3.63, 3.8) is 0 Å². The molecule has 2 rings (SSSR count). The molecule has 1 aliphatic heterocycles. The van der Waals surface area contributed by atoms with Crippen molar-refractivity contribution in [2.45, 2.75) is 32.7 Å². The Balaban J connectivity index is 2.11. The number of pyridine rings is 1. The number of aromatic nitrogens is 1. The lowest BCUT2D eigenvalue weighted by atomic mass is 10.1. The van der Waals surface area contributed by atoms with Crippen molar-refractivity contribution >= 4 is 0 Å². The zero-order valence-electron chi connectivity index (χ0n) is 13.6. The Kier molecular flexibility index (Phi) is 7.13. The third-order valence-corrected chi connectivity index (χ3v) is 4.13. The van der Waals surface area contributed by atoms with Gasteiger partial charge >= 0.3 is 0 Å². The minimum Gasteiger partial charge on any atom is -0.314 e. The van der Waals surface area contributed by atoms with Crippen molar-refractivity contribution in [3.05, 3.63) is 30.1 Å². The summed E-state index contributed by atoms with van der Waals surface area (Å²) in [6.45, 7) is 12.4. The fourth-order valence-electron chi connectivity index (χ4n) is 3.11. The summed E-state index contributed by atoms with van der Waals surface area (Å²) in [5.41, 5.74) is 1.22. The number of nitrogens with zero attached hydrogens (tertiary/aromatic N) is 3. The van der Waals surface area contributed by atoms with Gasteiger partial charge in [-0.05, 0) is 38.1 Å². The zero-order valence-corrected chi connectivity index (χ0v) is 13.6. The van der Waals surface area contributed by atoms with E-state index in [9.17, 15) is 0 Å². The molecule has 1 saturated heterocycles. The molecule has 0 bridgehead atoms. The molecule has 21 heavy (non-hydrogen) atoms. The third-order valence-electron chi connectivity index (χ3n) is 4.13. The quantitative estimate of drug-likeness (QED) is 0.795. The predicted octanol–water partition coefficient (Wildman–Crippen LogP) is 2.15. The highest BCUT2D eigenvalue weighted by atomic mass is 15.2. The summed E-state index contributed by atoms with van der Waals surface area (Å²) >= 11 is 0. The maximum Gasteiger partial charge on any atom is 0.0649 e. The van der Waals surface area contributed by atoms with Crippen molar-refractivity contribution in [3.8, 4) is 0 Å². The van der Waals surface area contributed by atoms with Crippen LogP contribution in [0.3, 0.4) is 0 Å². The van der Waals surface area contributed by atoms with E-state index in [-0.39, 0.29) is 0 Å². The van der Waals surface area contributed by atoms with Gasteiger partial charge in [0.1, 0.15) is 0 Å².